The van der Waals surface area contributed by atoms with Crippen molar-refractivity contribution in [2.75, 3.05) is 0 Å². The van der Waals surface area contributed by atoms with Gasteiger partial charge in [-0.1, -0.05) is 6.07 Å². The lowest BCUT2D eigenvalue weighted by Crippen LogP contribution is -2.36. The van der Waals surface area contributed by atoms with Gasteiger partial charge in [-0.25, -0.2) is 19.6 Å². The third-order valence-electron chi connectivity index (χ3n) is 5.69. The maximum Gasteiger partial charge on any atom is 0.289 e. The van der Waals surface area contributed by atoms with Crippen molar-refractivity contribution in [3.05, 3.63) is 65.1 Å². The van der Waals surface area contributed by atoms with Gasteiger partial charge in [0.15, 0.2) is 5.65 Å². The number of carbonyl (C=O) groups excluding carboxylic acids is 1. The normalized spacial score (nSPS) is 14.6. The van der Waals surface area contributed by atoms with Gasteiger partial charge in [0.2, 0.25) is 5.82 Å². The molecule has 0 spiro atoms. The summed E-state index contributed by atoms with van der Waals surface area (Å²) in [6, 6.07) is 3.79. The lowest BCUT2D eigenvalue weighted by atomic mass is 10.1. The van der Waals surface area contributed by atoms with Crippen LogP contribution in [0.1, 0.15) is 49.0 Å². The molecule has 10 nitrogen and oxygen atoms in total. The molecule has 1 aliphatic rings. The topological polar surface area (TPSA) is 120 Å². The number of fused-ring (bicyclic) bond motifs is 1. The van der Waals surface area contributed by atoms with Crippen LogP contribution in [0.15, 0.2) is 48.0 Å². The zero-order valence-electron chi connectivity index (χ0n) is 18.0. The molecule has 1 aliphatic carbocycles. The van der Waals surface area contributed by atoms with Crippen LogP contribution in [0.3, 0.4) is 0 Å². The van der Waals surface area contributed by atoms with Crippen LogP contribution >= 0.6 is 0 Å². The Balaban J connectivity index is 1.39. The fraction of sp³-hybridized carbons (Fsp3) is 0.318. The van der Waals surface area contributed by atoms with Crippen LogP contribution < -0.4 is 10.9 Å². The third-order valence-corrected chi connectivity index (χ3v) is 5.69. The van der Waals surface area contributed by atoms with Crippen molar-refractivity contribution in [2.24, 2.45) is 7.05 Å². The van der Waals surface area contributed by atoms with Crippen molar-refractivity contribution >= 4 is 16.9 Å². The second-order valence-corrected chi connectivity index (χ2v) is 8.35. The summed E-state index contributed by atoms with van der Waals surface area (Å²) < 4.78 is 3.19. The Morgan fingerprint density at radius 2 is 1.94 bits per heavy atom. The molecule has 1 N–H and O–H groups in total. The largest absolute Gasteiger partial charge is 0.338 e. The van der Waals surface area contributed by atoms with Gasteiger partial charge in [0.25, 0.3) is 11.5 Å². The van der Waals surface area contributed by atoms with Crippen LogP contribution in [0.5, 0.6) is 0 Å². The standard InChI is InChI=1S/C22H22N8O2/c1-13(2)30-19-15(10-26-30)9-25-18(27-19)20(31)28-22(6-7-22)17-5-4-14(8-24-17)16-11-23-12-29(3)21(16)32/h4-5,8-13H,6-7H2,1-3H3,(H,28,31). The molecular weight excluding hydrogens is 408 g/mol. The highest BCUT2D eigenvalue weighted by Gasteiger charge is 2.47. The Bertz CT molecular complexity index is 1380. The fourth-order valence-corrected chi connectivity index (χ4v) is 3.71. The SMILES string of the molecule is CC(C)n1ncc2cnc(C(=O)NC3(c4ccc(-c5cncn(C)c5=O)cn4)CC3)nc21. The molecule has 0 bridgehead atoms. The number of amides is 1. The first-order valence-electron chi connectivity index (χ1n) is 10.4. The van der Waals surface area contributed by atoms with Gasteiger partial charge in [0.05, 0.1) is 34.7 Å². The highest BCUT2D eigenvalue weighted by Crippen LogP contribution is 2.44. The summed E-state index contributed by atoms with van der Waals surface area (Å²) in [5.41, 5.74) is 1.84. The zero-order valence-corrected chi connectivity index (χ0v) is 18.0. The van der Waals surface area contributed by atoms with E-state index in [-0.39, 0.29) is 23.3 Å². The molecule has 0 saturated heterocycles. The number of carbonyl (C=O) groups is 1. The molecule has 1 fully saturated rings. The number of nitrogens with one attached hydrogen (secondary N) is 1. The summed E-state index contributed by atoms with van der Waals surface area (Å²) in [6.07, 6.45) is 9.49. The summed E-state index contributed by atoms with van der Waals surface area (Å²) in [4.78, 5) is 42.5. The molecule has 0 unspecified atom stereocenters. The molecule has 1 amide bonds. The van der Waals surface area contributed by atoms with E-state index >= 15 is 0 Å². The summed E-state index contributed by atoms with van der Waals surface area (Å²) >= 11 is 0. The molecule has 1 saturated carbocycles. The minimum absolute atomic E-state index is 0.0988. The van der Waals surface area contributed by atoms with E-state index in [1.54, 1.807) is 30.3 Å². The van der Waals surface area contributed by atoms with Crippen molar-refractivity contribution in [1.82, 2.24) is 39.6 Å². The Morgan fingerprint density at radius 3 is 2.62 bits per heavy atom. The minimum Gasteiger partial charge on any atom is -0.338 e. The molecule has 0 aliphatic heterocycles. The molecule has 162 valence electrons. The van der Waals surface area contributed by atoms with Crippen molar-refractivity contribution in [3.63, 3.8) is 0 Å². The van der Waals surface area contributed by atoms with Crippen LogP contribution in [-0.2, 0) is 12.6 Å². The molecular formula is C22H22N8O2. The van der Waals surface area contributed by atoms with E-state index in [1.807, 2.05) is 26.0 Å². The van der Waals surface area contributed by atoms with E-state index < -0.39 is 5.54 Å². The number of pyridine rings is 1. The van der Waals surface area contributed by atoms with E-state index in [9.17, 15) is 9.59 Å². The van der Waals surface area contributed by atoms with Crippen LogP contribution in [0.25, 0.3) is 22.2 Å². The maximum atomic E-state index is 12.9. The lowest BCUT2D eigenvalue weighted by Gasteiger charge is -2.17. The van der Waals surface area contributed by atoms with Crippen LogP contribution in [-0.4, -0.2) is 40.2 Å². The first-order valence-corrected chi connectivity index (χ1v) is 10.4. The van der Waals surface area contributed by atoms with Gasteiger partial charge in [-0.2, -0.15) is 5.10 Å². The van der Waals surface area contributed by atoms with E-state index in [0.29, 0.717) is 16.8 Å². The van der Waals surface area contributed by atoms with Gasteiger partial charge >= 0.3 is 0 Å². The molecule has 0 atom stereocenters. The van der Waals surface area contributed by atoms with Gasteiger partial charge in [-0.05, 0) is 32.8 Å². The summed E-state index contributed by atoms with van der Waals surface area (Å²) in [7, 11) is 1.66. The molecule has 5 rings (SSSR count). The average Bonchev–Trinajstić information content (AvgIpc) is 3.44. The average molecular weight is 430 g/mol. The second kappa shape index (κ2) is 7.33. The number of nitrogens with zero attached hydrogens (tertiary/aromatic N) is 7. The van der Waals surface area contributed by atoms with Gasteiger partial charge in [0.1, 0.15) is 0 Å². The first kappa shape index (κ1) is 20.0. The number of hydrogen-bond acceptors (Lipinski definition) is 7. The Kier molecular flexibility index (Phi) is 4.58. The quantitative estimate of drug-likeness (QED) is 0.514. The zero-order chi connectivity index (χ0) is 22.5. The van der Waals surface area contributed by atoms with Crippen LogP contribution in [0, 0.1) is 0 Å². The predicted octanol–water partition coefficient (Wildman–Crippen LogP) is 1.98. The van der Waals surface area contributed by atoms with Crippen molar-refractivity contribution in [2.45, 2.75) is 38.3 Å². The van der Waals surface area contributed by atoms with Crippen molar-refractivity contribution in [3.8, 4) is 11.1 Å². The van der Waals surface area contributed by atoms with Gasteiger partial charge in [0, 0.05) is 37.2 Å². The molecule has 0 aromatic carbocycles. The van der Waals surface area contributed by atoms with Crippen LogP contribution in [0.4, 0.5) is 0 Å². The van der Waals surface area contributed by atoms with E-state index in [2.05, 4.69) is 30.4 Å². The lowest BCUT2D eigenvalue weighted by molar-refractivity contribution is 0.0919. The molecule has 10 heteroatoms. The number of aryl methyl sites for hydroxylation is 1. The molecule has 4 aromatic heterocycles. The maximum absolute atomic E-state index is 12.9. The summed E-state index contributed by atoms with van der Waals surface area (Å²) in [5, 5.41) is 8.16. The van der Waals surface area contributed by atoms with Gasteiger partial charge in [-0.3, -0.25) is 14.6 Å². The molecule has 4 heterocycles. The number of hydrogen-bond donors (Lipinski definition) is 1. The third kappa shape index (κ3) is 3.33. The Morgan fingerprint density at radius 1 is 1.12 bits per heavy atom. The van der Waals surface area contributed by atoms with Gasteiger partial charge in [-0.15, -0.1) is 0 Å². The van der Waals surface area contributed by atoms with Crippen molar-refractivity contribution < 1.29 is 4.79 Å². The second-order valence-electron chi connectivity index (χ2n) is 8.35. The summed E-state index contributed by atoms with van der Waals surface area (Å²) in [5.74, 6) is -0.255. The number of aromatic nitrogens is 7. The summed E-state index contributed by atoms with van der Waals surface area (Å²) in [6.45, 7) is 4.01. The molecule has 4 aromatic rings. The van der Waals surface area contributed by atoms with E-state index in [4.69, 9.17) is 0 Å². The van der Waals surface area contributed by atoms with Crippen LogP contribution in [0.2, 0.25) is 0 Å². The van der Waals surface area contributed by atoms with Crippen molar-refractivity contribution in [1.29, 1.82) is 0 Å². The monoisotopic (exact) mass is 430 g/mol. The minimum atomic E-state index is -0.549. The molecule has 32 heavy (non-hydrogen) atoms. The van der Waals surface area contributed by atoms with E-state index in [0.717, 1.165) is 23.9 Å². The molecule has 0 radical (unpaired) electrons. The first-order chi connectivity index (χ1) is 15.4. The fourth-order valence-electron chi connectivity index (χ4n) is 3.71. The highest BCUT2D eigenvalue weighted by atomic mass is 16.2. The van der Waals surface area contributed by atoms with E-state index in [1.165, 1.54) is 17.1 Å². The Hall–Kier alpha value is -3.95. The predicted molar refractivity (Wildman–Crippen MR) is 117 cm³/mol. The smallest absolute Gasteiger partial charge is 0.289 e. The van der Waals surface area contributed by atoms with Gasteiger partial charge < -0.3 is 9.88 Å². The number of rotatable bonds is 5. The Labute approximate surface area is 183 Å². The highest BCUT2D eigenvalue weighted by molar-refractivity contribution is 5.93.